The molecule has 2 aliphatic carbocycles. The van der Waals surface area contributed by atoms with Gasteiger partial charge in [-0.15, -0.1) is 0 Å². The van der Waals surface area contributed by atoms with Crippen LogP contribution in [0, 0.1) is 17.8 Å². The van der Waals surface area contributed by atoms with Gasteiger partial charge in [-0.3, -0.25) is 4.79 Å². The van der Waals surface area contributed by atoms with Crippen molar-refractivity contribution in [3.8, 4) is 0 Å². The van der Waals surface area contributed by atoms with Gasteiger partial charge in [0.25, 0.3) is 0 Å². The summed E-state index contributed by atoms with van der Waals surface area (Å²) >= 11 is 0. The lowest BCUT2D eigenvalue weighted by Crippen LogP contribution is -2.53. The van der Waals surface area contributed by atoms with Crippen molar-refractivity contribution in [3.63, 3.8) is 0 Å². The van der Waals surface area contributed by atoms with E-state index < -0.39 is 44.8 Å². The second-order valence-corrected chi connectivity index (χ2v) is 12.5. The first-order chi connectivity index (χ1) is 17.4. The maximum atomic E-state index is 13.6. The van der Waals surface area contributed by atoms with E-state index >= 15 is 0 Å². The molecule has 37 heavy (non-hydrogen) atoms. The lowest BCUT2D eigenvalue weighted by molar-refractivity contribution is -0.202. The Bertz CT molecular complexity index is 1230. The van der Waals surface area contributed by atoms with Gasteiger partial charge >= 0.3 is 11.2 Å². The zero-order valence-electron chi connectivity index (χ0n) is 19.5. The van der Waals surface area contributed by atoms with Crippen LogP contribution < -0.4 is 0 Å². The summed E-state index contributed by atoms with van der Waals surface area (Å²) in [6, 6.07) is 32.2. The summed E-state index contributed by atoms with van der Waals surface area (Å²) < 4.78 is 84.0. The van der Waals surface area contributed by atoms with Crippen LogP contribution in [0.25, 0.3) is 0 Å². The van der Waals surface area contributed by atoms with Crippen LogP contribution in [-0.4, -0.2) is 29.9 Å². The number of alkyl halides is 4. The van der Waals surface area contributed by atoms with Gasteiger partial charge in [-0.05, 0) is 55.2 Å². The lowest BCUT2D eigenvalue weighted by atomic mass is 9.83. The number of carbonyl (C=O) groups is 1. The van der Waals surface area contributed by atoms with Gasteiger partial charge in [-0.1, -0.05) is 54.6 Å². The Morgan fingerprint density at radius 3 is 1.46 bits per heavy atom. The van der Waals surface area contributed by atoms with Crippen LogP contribution in [0.4, 0.5) is 17.6 Å². The highest BCUT2D eigenvalue weighted by Gasteiger charge is 2.69. The molecule has 0 N–H and O–H groups in total. The van der Waals surface area contributed by atoms with Crippen molar-refractivity contribution < 1.29 is 35.3 Å². The minimum absolute atomic E-state index is 0.0146. The molecule has 0 heterocycles. The highest BCUT2D eigenvalue weighted by atomic mass is 32.2. The number of hydrogen-bond donors (Lipinski definition) is 0. The molecule has 3 atom stereocenters. The van der Waals surface area contributed by atoms with Crippen LogP contribution >= 0.6 is 0 Å². The van der Waals surface area contributed by atoms with Crippen molar-refractivity contribution in [2.75, 3.05) is 0 Å². The standard InChI is InChI=1S/C18H15S.C9H10F4O4S/c1-4-10-16(11-5-1)19(17-12-6-2-7-13-17)18-14-8-3-9-15-18;10-8(11,9(12,13)18(15,16)17)6-2-4-1-5(6)7(14)3-4/h1-15H;4-6H,1-3H2,(H,15,16,17)/q+1;/p-1. The summed E-state index contributed by atoms with van der Waals surface area (Å²) in [6.45, 7) is 0. The average Bonchev–Trinajstić information content (AvgIpc) is 3.46. The molecule has 10 heteroatoms. The molecule has 2 bridgehead atoms. The fourth-order valence-electron chi connectivity index (χ4n) is 4.96. The number of benzene rings is 3. The molecule has 3 aromatic rings. The van der Waals surface area contributed by atoms with Gasteiger partial charge in [-0.2, -0.15) is 17.6 Å². The molecule has 3 unspecified atom stereocenters. The third-order valence-corrected chi connectivity index (χ3v) is 9.80. The number of fused-ring (bicyclic) bond motifs is 2. The van der Waals surface area contributed by atoms with Crippen LogP contribution in [0.2, 0.25) is 0 Å². The van der Waals surface area contributed by atoms with E-state index in [-0.39, 0.29) is 30.2 Å². The summed E-state index contributed by atoms with van der Waals surface area (Å²) in [7, 11) is -6.49. The van der Waals surface area contributed by atoms with E-state index in [0.29, 0.717) is 0 Å². The Labute approximate surface area is 215 Å². The van der Waals surface area contributed by atoms with Crippen LogP contribution in [-0.2, 0) is 25.8 Å². The first kappa shape index (κ1) is 27.3. The molecule has 3 aromatic carbocycles. The summed E-state index contributed by atoms with van der Waals surface area (Å²) in [5.41, 5.74) is 0. The SMILES string of the molecule is O=C1CC2CC1C(C(F)(F)C(F)(F)S(=O)(=O)[O-])C2.c1ccc([S+](c2ccccc2)c2ccccc2)cc1. The van der Waals surface area contributed by atoms with Gasteiger partial charge in [-0.25, -0.2) is 8.42 Å². The van der Waals surface area contributed by atoms with Crippen molar-refractivity contribution in [1.82, 2.24) is 0 Å². The predicted molar refractivity (Wildman–Crippen MR) is 130 cm³/mol. The topological polar surface area (TPSA) is 74.3 Å². The van der Waals surface area contributed by atoms with Gasteiger partial charge in [0.05, 0.1) is 10.9 Å². The summed E-state index contributed by atoms with van der Waals surface area (Å²) in [5.74, 6) is -9.32. The van der Waals surface area contributed by atoms with Gasteiger partial charge in [0.15, 0.2) is 24.8 Å². The number of hydrogen-bond acceptors (Lipinski definition) is 4. The molecule has 2 aliphatic rings. The second kappa shape index (κ2) is 10.6. The van der Waals surface area contributed by atoms with Crippen LogP contribution in [0.1, 0.15) is 19.3 Å². The molecule has 0 aliphatic heterocycles. The zero-order chi connectivity index (χ0) is 26.8. The molecular formula is C27H24F4O4S2. The van der Waals surface area contributed by atoms with Crippen LogP contribution in [0.5, 0.6) is 0 Å². The fourth-order valence-corrected chi connectivity index (χ4v) is 7.55. The van der Waals surface area contributed by atoms with E-state index in [2.05, 4.69) is 91.0 Å². The Balaban J connectivity index is 0.000000173. The van der Waals surface area contributed by atoms with Gasteiger partial charge in [0.1, 0.15) is 5.78 Å². The minimum Gasteiger partial charge on any atom is -0.743 e. The van der Waals surface area contributed by atoms with E-state index in [0.717, 1.165) is 0 Å². The first-order valence-electron chi connectivity index (χ1n) is 11.6. The quantitative estimate of drug-likeness (QED) is 0.209. The average molecular weight is 553 g/mol. The molecule has 196 valence electrons. The Morgan fingerprint density at radius 2 is 1.14 bits per heavy atom. The third kappa shape index (κ3) is 5.46. The predicted octanol–water partition coefficient (Wildman–Crippen LogP) is 6.16. The number of ketones is 1. The van der Waals surface area contributed by atoms with E-state index in [1.807, 2.05) is 0 Å². The molecule has 4 nitrogen and oxygen atoms in total. The molecular weight excluding hydrogens is 528 g/mol. The van der Waals surface area contributed by atoms with Crippen LogP contribution in [0.3, 0.4) is 0 Å². The van der Waals surface area contributed by atoms with Gasteiger partial charge < -0.3 is 4.55 Å². The lowest BCUT2D eigenvalue weighted by Gasteiger charge is -2.35. The maximum absolute atomic E-state index is 13.6. The maximum Gasteiger partial charge on any atom is 0.396 e. The number of rotatable bonds is 6. The van der Waals surface area contributed by atoms with Crippen molar-refractivity contribution >= 4 is 26.8 Å². The highest BCUT2D eigenvalue weighted by molar-refractivity contribution is 7.97. The first-order valence-corrected chi connectivity index (χ1v) is 14.2. The van der Waals surface area contributed by atoms with Crippen molar-refractivity contribution in [1.29, 1.82) is 0 Å². The summed E-state index contributed by atoms with van der Waals surface area (Å²) in [6.07, 6.45) is -0.227. The molecule has 2 fully saturated rings. The van der Waals surface area contributed by atoms with E-state index in [1.54, 1.807) is 0 Å². The van der Waals surface area contributed by atoms with Crippen molar-refractivity contribution in [2.24, 2.45) is 17.8 Å². The fraction of sp³-hybridized carbons (Fsp3) is 0.296. The molecule has 0 amide bonds. The monoisotopic (exact) mass is 552 g/mol. The molecule has 0 aromatic heterocycles. The van der Waals surface area contributed by atoms with E-state index in [9.17, 15) is 35.3 Å². The Kier molecular flexibility index (Phi) is 7.83. The molecule has 5 rings (SSSR count). The van der Waals surface area contributed by atoms with E-state index in [4.69, 9.17) is 0 Å². The highest BCUT2D eigenvalue weighted by Crippen LogP contribution is 2.56. The largest absolute Gasteiger partial charge is 0.743 e. The Morgan fingerprint density at radius 1 is 0.730 bits per heavy atom. The van der Waals surface area contributed by atoms with Crippen LogP contribution in [0.15, 0.2) is 106 Å². The third-order valence-electron chi connectivity index (χ3n) is 6.67. The number of Topliss-reactive ketones (excluding diaryl/α,β-unsaturated/α-hetero) is 1. The number of halogens is 4. The van der Waals surface area contributed by atoms with Crippen molar-refractivity contribution in [3.05, 3.63) is 91.0 Å². The molecule has 0 spiro atoms. The molecule has 2 saturated carbocycles. The normalized spacial score (nSPS) is 21.6. The number of carbonyl (C=O) groups excluding carboxylic acids is 1. The van der Waals surface area contributed by atoms with Crippen molar-refractivity contribution in [2.45, 2.75) is 45.1 Å². The van der Waals surface area contributed by atoms with Gasteiger partial charge in [0, 0.05) is 18.3 Å². The molecule has 0 saturated heterocycles. The Hall–Kier alpha value is -2.69. The zero-order valence-corrected chi connectivity index (χ0v) is 21.1. The van der Waals surface area contributed by atoms with E-state index in [1.165, 1.54) is 14.7 Å². The second-order valence-electron chi connectivity index (χ2n) is 9.06. The van der Waals surface area contributed by atoms with Gasteiger partial charge in [0.2, 0.25) is 0 Å². The molecule has 0 radical (unpaired) electrons. The summed E-state index contributed by atoms with van der Waals surface area (Å²) in [4.78, 5) is 15.3. The minimum atomic E-state index is -6.48. The smallest absolute Gasteiger partial charge is 0.396 e. The summed E-state index contributed by atoms with van der Waals surface area (Å²) in [5, 5.41) is -5.69.